The molecule has 8 heterocycles. The molecule has 0 aliphatic heterocycles. The maximum atomic E-state index is 5.88. The highest BCUT2D eigenvalue weighted by Crippen LogP contribution is 2.42. The Labute approximate surface area is 749 Å². The number of aromatic nitrogens is 11. The van der Waals surface area contributed by atoms with E-state index in [1.165, 1.54) is 63.3 Å². The van der Waals surface area contributed by atoms with E-state index in [9.17, 15) is 0 Å². The first-order valence-electron chi connectivity index (χ1n) is 44.3. The Morgan fingerprint density at radius 1 is 0.162 bits per heavy atom. The standard InChI is InChI=1S/C117H77N11Si2/c1-6-38-83(39-7-1)129(84-40-8-2-9-41-84,85-42-10-3-11-43-85)88-48-32-35-80(71-88)116-121-113(125-104-62-27-20-55-95(104)96-56-21-28-63-105(96)125)77-114(122-116)128-110-66-31-30-65-109(110)127-108-70-68-79(74-99(108)118-117(127)128)78-67-69-107-98(73-78)97-57-22-29-64-106(97)126(107)112-76-111(124-102-60-25-18-53-93(102)94-54-19-26-61-103(94)124)119-115(120-112)81-36-33-49-89(72-81)130(86-44-12-4-13-45-86,87-46-14-5-15-47-87)90-50-34-37-82(75-90)123-100-58-23-16-51-91(100)92-52-17-24-59-101(92)123/h1-77H. The molecule has 0 spiro atoms. The van der Waals surface area contributed by atoms with Crippen LogP contribution in [0.15, 0.2) is 467 Å². The summed E-state index contributed by atoms with van der Waals surface area (Å²) in [6.45, 7) is 0. The molecule has 0 aliphatic carbocycles. The summed E-state index contributed by atoms with van der Waals surface area (Å²) in [5.41, 5.74) is 17.4. The molecule has 26 rings (SSSR count). The molecule has 0 aliphatic rings. The Morgan fingerprint density at radius 2 is 0.446 bits per heavy atom. The van der Waals surface area contributed by atoms with Crippen molar-refractivity contribution in [3.8, 4) is 62.9 Å². The fourth-order valence-corrected chi connectivity index (χ4v) is 31.0. The number of para-hydroxylation sites is 9. The summed E-state index contributed by atoms with van der Waals surface area (Å²) in [4.78, 5) is 29.0. The zero-order chi connectivity index (χ0) is 85.5. The molecule has 0 saturated carbocycles. The second-order valence-corrected chi connectivity index (χ2v) is 41.4. The van der Waals surface area contributed by atoms with E-state index in [0.29, 0.717) is 17.5 Å². The van der Waals surface area contributed by atoms with Gasteiger partial charge >= 0.3 is 0 Å². The Balaban J connectivity index is 0.639. The van der Waals surface area contributed by atoms with E-state index in [1.807, 2.05) is 0 Å². The fraction of sp³-hybridized carbons (Fsp3) is 0. The van der Waals surface area contributed by atoms with Gasteiger partial charge in [-0.25, -0.2) is 24.9 Å². The van der Waals surface area contributed by atoms with Gasteiger partial charge in [-0.15, -0.1) is 0 Å². The van der Waals surface area contributed by atoms with E-state index in [1.54, 1.807) is 0 Å². The highest BCUT2D eigenvalue weighted by molar-refractivity contribution is 7.20. The smallest absolute Gasteiger partial charge is 0.221 e. The summed E-state index contributed by atoms with van der Waals surface area (Å²) in [5.74, 6) is 4.84. The lowest BCUT2D eigenvalue weighted by molar-refractivity contribution is 0.980. The van der Waals surface area contributed by atoms with Crippen LogP contribution in [0.25, 0.3) is 178 Å². The van der Waals surface area contributed by atoms with Gasteiger partial charge in [0, 0.05) is 72.0 Å². The minimum absolute atomic E-state index is 0.592. The molecule has 13 heteroatoms. The van der Waals surface area contributed by atoms with Crippen molar-refractivity contribution in [2.45, 2.75) is 0 Å². The van der Waals surface area contributed by atoms with E-state index in [-0.39, 0.29) is 0 Å². The van der Waals surface area contributed by atoms with Crippen LogP contribution < -0.4 is 41.5 Å². The third-order valence-electron chi connectivity index (χ3n) is 26.9. The molecule has 0 radical (unpaired) electrons. The quantitative estimate of drug-likeness (QED) is 0.0710. The van der Waals surface area contributed by atoms with E-state index in [2.05, 4.69) is 494 Å². The van der Waals surface area contributed by atoms with E-state index in [0.717, 1.165) is 139 Å². The molecule has 0 amide bonds. The summed E-state index contributed by atoms with van der Waals surface area (Å²) in [5, 5.41) is 19.3. The van der Waals surface area contributed by atoms with Gasteiger partial charge in [0.05, 0.1) is 66.2 Å². The number of benzene rings is 18. The van der Waals surface area contributed by atoms with Crippen LogP contribution in [0.5, 0.6) is 0 Å². The molecule has 0 atom stereocenters. The van der Waals surface area contributed by atoms with Gasteiger partial charge in [-0.2, -0.15) is 0 Å². The van der Waals surface area contributed by atoms with Crippen molar-refractivity contribution in [3.05, 3.63) is 467 Å². The number of nitrogens with zero attached hydrogens (tertiary/aromatic N) is 11. The Morgan fingerprint density at radius 3 is 0.838 bits per heavy atom. The molecule has 18 aromatic carbocycles. The van der Waals surface area contributed by atoms with Crippen LogP contribution in [0.2, 0.25) is 0 Å². The largest absolute Gasteiger partial charge is 0.309 e. The van der Waals surface area contributed by atoms with Crippen LogP contribution in [-0.4, -0.2) is 68.3 Å². The first-order chi connectivity index (χ1) is 64.5. The van der Waals surface area contributed by atoms with Gasteiger partial charge in [0.25, 0.3) is 0 Å². The average Bonchev–Trinajstić information content (AvgIpc) is 1.15. The van der Waals surface area contributed by atoms with Crippen molar-refractivity contribution in [2.24, 2.45) is 0 Å². The van der Waals surface area contributed by atoms with Gasteiger partial charge < -0.3 is 4.57 Å². The maximum absolute atomic E-state index is 5.88. The summed E-state index contributed by atoms with van der Waals surface area (Å²) in [6, 6.07) is 171. The molecule has 130 heavy (non-hydrogen) atoms. The maximum Gasteiger partial charge on any atom is 0.221 e. The molecular formula is C117H77N11Si2. The highest BCUT2D eigenvalue weighted by Gasteiger charge is 2.44. The Bertz CT molecular complexity index is 8730. The molecule has 0 fully saturated rings. The lowest BCUT2D eigenvalue weighted by Crippen LogP contribution is -2.74. The Hall–Kier alpha value is -17.0. The normalized spacial score (nSPS) is 12.2. The van der Waals surface area contributed by atoms with E-state index in [4.69, 9.17) is 24.9 Å². The van der Waals surface area contributed by atoms with Crippen LogP contribution in [0.1, 0.15) is 0 Å². The SMILES string of the molecule is c1ccc([Si](c2ccccc2)(c2ccccc2)c2cccc(-c3nc(-n4c5ccccc5c5ccccc54)cc(-n4c5ccccc5n5c6ccc(-c7ccc8c(c7)c7ccccc7n8-c7cc(-n8c9ccccc9c9ccccc98)nc(-c8cccc([Si](c9ccccc9)(c9ccccc9)c9cccc(-n%10c%11ccccc%11c%11ccccc%11%10)c9)c8)n7)cc6nc45)n3)c2)cc1. The van der Waals surface area contributed by atoms with Crippen LogP contribution in [0.4, 0.5) is 0 Å². The van der Waals surface area contributed by atoms with Gasteiger partial charge in [-0.3, -0.25) is 22.7 Å². The Kier molecular flexibility index (Phi) is 17.1. The molecule has 0 N–H and O–H groups in total. The number of rotatable bonds is 16. The van der Waals surface area contributed by atoms with Crippen LogP contribution in [0, 0.1) is 0 Å². The van der Waals surface area contributed by atoms with Crippen molar-refractivity contribution in [1.82, 2.24) is 52.2 Å². The monoisotopic (exact) mass is 1690 g/mol. The first-order valence-corrected chi connectivity index (χ1v) is 48.3. The van der Waals surface area contributed by atoms with Gasteiger partial charge in [0.2, 0.25) is 5.78 Å². The van der Waals surface area contributed by atoms with E-state index < -0.39 is 16.1 Å². The van der Waals surface area contributed by atoms with E-state index >= 15 is 0 Å². The van der Waals surface area contributed by atoms with Crippen molar-refractivity contribution in [1.29, 1.82) is 0 Å². The van der Waals surface area contributed by atoms with Crippen LogP contribution in [-0.2, 0) is 0 Å². The minimum atomic E-state index is -3.26. The van der Waals surface area contributed by atoms with Gasteiger partial charge in [0.15, 0.2) is 27.8 Å². The second kappa shape index (κ2) is 29.9. The number of fused-ring (bicyclic) bond motifs is 17. The van der Waals surface area contributed by atoms with Crippen LogP contribution in [0.3, 0.4) is 0 Å². The highest BCUT2D eigenvalue weighted by atomic mass is 28.3. The summed E-state index contributed by atoms with van der Waals surface area (Å²) in [6.07, 6.45) is 0. The molecule has 11 nitrogen and oxygen atoms in total. The molecule has 0 unspecified atom stereocenters. The summed E-state index contributed by atoms with van der Waals surface area (Å²) < 4.78 is 14.0. The van der Waals surface area contributed by atoms with Crippen molar-refractivity contribution < 1.29 is 0 Å². The third-order valence-corrected chi connectivity index (χ3v) is 36.5. The van der Waals surface area contributed by atoms with Gasteiger partial charge in [-0.1, -0.05) is 364 Å². The minimum Gasteiger partial charge on any atom is -0.309 e. The van der Waals surface area contributed by atoms with Gasteiger partial charge in [0.1, 0.15) is 23.3 Å². The predicted molar refractivity (Wildman–Crippen MR) is 542 cm³/mol. The van der Waals surface area contributed by atoms with Gasteiger partial charge in [-0.05, 0) is 144 Å². The zero-order valence-corrected chi connectivity index (χ0v) is 72.4. The third kappa shape index (κ3) is 11.4. The summed E-state index contributed by atoms with van der Waals surface area (Å²) in [7, 11) is -6.26. The van der Waals surface area contributed by atoms with Crippen molar-refractivity contribution >= 4 is 173 Å². The zero-order valence-electron chi connectivity index (χ0n) is 70.4. The second-order valence-electron chi connectivity index (χ2n) is 33.8. The topological polar surface area (TPSA) is 93.5 Å². The molecule has 0 bridgehead atoms. The number of hydrogen-bond donors (Lipinski definition) is 0. The van der Waals surface area contributed by atoms with Crippen LogP contribution >= 0.6 is 0 Å². The number of imidazole rings is 2. The predicted octanol–water partition coefficient (Wildman–Crippen LogP) is 22.2. The molecular weight excluding hydrogens is 1620 g/mol. The molecule has 8 aromatic heterocycles. The lowest BCUT2D eigenvalue weighted by atomic mass is 10.0. The first kappa shape index (κ1) is 74.5. The molecule has 26 aromatic rings. The molecule has 0 saturated heterocycles. The van der Waals surface area contributed by atoms with Crippen molar-refractivity contribution in [2.75, 3.05) is 0 Å². The average molecular weight is 1690 g/mol. The molecule has 608 valence electrons. The van der Waals surface area contributed by atoms with Crippen molar-refractivity contribution in [3.63, 3.8) is 0 Å². The number of hydrogen-bond acceptors (Lipinski definition) is 5. The summed E-state index contributed by atoms with van der Waals surface area (Å²) >= 11 is 0. The fourth-order valence-electron chi connectivity index (χ4n) is 21.4. The lowest BCUT2D eigenvalue weighted by Gasteiger charge is -2.35.